The van der Waals surface area contributed by atoms with Crippen LogP contribution in [-0.2, 0) is 0 Å². The van der Waals surface area contributed by atoms with Crippen molar-refractivity contribution in [1.29, 1.82) is 0 Å². The molecule has 4 heteroatoms. The molecule has 2 aromatic carbocycles. The van der Waals surface area contributed by atoms with Gasteiger partial charge in [-0.1, -0.05) is 42.0 Å². The second kappa shape index (κ2) is 9.13. The van der Waals surface area contributed by atoms with Gasteiger partial charge in [-0.15, -0.1) is 17.0 Å². The van der Waals surface area contributed by atoms with Crippen LogP contribution in [0.3, 0.4) is 0 Å². The van der Waals surface area contributed by atoms with Gasteiger partial charge in [-0.2, -0.15) is 0 Å². The fourth-order valence-electron chi connectivity index (χ4n) is 3.44. The molecule has 1 aliphatic rings. The number of benzene rings is 2. The van der Waals surface area contributed by atoms with Gasteiger partial charge in [0.1, 0.15) is 5.84 Å². The molecule has 3 nitrogen and oxygen atoms in total. The third-order valence-electron chi connectivity index (χ3n) is 4.80. The number of para-hydroxylation sites is 1. The van der Waals surface area contributed by atoms with Crippen molar-refractivity contribution in [2.75, 3.05) is 18.0 Å². The Morgan fingerprint density at radius 3 is 2.46 bits per heavy atom. The third kappa shape index (κ3) is 4.61. The lowest BCUT2D eigenvalue weighted by Gasteiger charge is -2.29. The highest BCUT2D eigenvalue weighted by molar-refractivity contribution is 8.93. The van der Waals surface area contributed by atoms with Crippen molar-refractivity contribution in [1.82, 2.24) is 0 Å². The molecule has 0 unspecified atom stereocenters. The van der Waals surface area contributed by atoms with Gasteiger partial charge < -0.3 is 4.90 Å². The minimum absolute atomic E-state index is 0. The first-order valence-corrected chi connectivity index (χ1v) is 9.03. The predicted molar refractivity (Wildman–Crippen MR) is 115 cm³/mol. The molecular weight excluding hydrogens is 388 g/mol. The number of Topliss-reactive ketones (excluding diaryl/α,β-unsaturated/α-hetero) is 1. The summed E-state index contributed by atoms with van der Waals surface area (Å²) in [6.45, 7) is 7.35. The maximum atomic E-state index is 13.0. The minimum Gasteiger partial charge on any atom is -0.322 e. The fraction of sp³-hybridized carbons (Fsp3) is 0.364. The number of ketones is 1. The molecule has 1 heterocycles. The molecule has 0 radical (unpaired) electrons. The fourth-order valence-corrected chi connectivity index (χ4v) is 3.44. The number of anilines is 1. The van der Waals surface area contributed by atoms with Crippen LogP contribution in [0.1, 0.15) is 46.3 Å². The lowest BCUT2D eigenvalue weighted by atomic mass is 10.0. The molecule has 0 aromatic heterocycles. The summed E-state index contributed by atoms with van der Waals surface area (Å²) in [7, 11) is 0. The van der Waals surface area contributed by atoms with Crippen LogP contribution in [0.2, 0.25) is 0 Å². The molecule has 3 rings (SSSR count). The van der Waals surface area contributed by atoms with Crippen LogP contribution >= 0.6 is 17.0 Å². The molecule has 0 amide bonds. The van der Waals surface area contributed by atoms with Crippen molar-refractivity contribution in [2.24, 2.45) is 4.99 Å². The monoisotopic (exact) mass is 414 g/mol. The molecule has 0 bridgehead atoms. The Kier molecular flexibility index (Phi) is 7.15. The van der Waals surface area contributed by atoms with E-state index in [4.69, 9.17) is 4.99 Å². The van der Waals surface area contributed by atoms with E-state index in [-0.39, 0.29) is 22.8 Å². The minimum atomic E-state index is 0. The largest absolute Gasteiger partial charge is 0.322 e. The van der Waals surface area contributed by atoms with Gasteiger partial charge in [-0.05, 0) is 50.8 Å². The Labute approximate surface area is 166 Å². The molecule has 0 spiro atoms. The number of nitrogens with zero attached hydrogens (tertiary/aromatic N) is 2. The van der Waals surface area contributed by atoms with Gasteiger partial charge in [-0.3, -0.25) is 9.79 Å². The van der Waals surface area contributed by atoms with E-state index in [0.717, 1.165) is 48.5 Å². The Morgan fingerprint density at radius 1 is 1.04 bits per heavy atom. The van der Waals surface area contributed by atoms with Gasteiger partial charge in [0, 0.05) is 24.2 Å². The van der Waals surface area contributed by atoms with E-state index in [0.29, 0.717) is 6.54 Å². The molecule has 26 heavy (non-hydrogen) atoms. The van der Waals surface area contributed by atoms with Gasteiger partial charge in [-0.25, -0.2) is 0 Å². The number of hydrogen-bond acceptors (Lipinski definition) is 3. The Morgan fingerprint density at radius 2 is 1.81 bits per heavy atom. The Bertz CT molecular complexity index is 814. The summed E-state index contributed by atoms with van der Waals surface area (Å²) >= 11 is 0. The van der Waals surface area contributed by atoms with Gasteiger partial charge in [0.2, 0.25) is 0 Å². The lowest BCUT2D eigenvalue weighted by Crippen LogP contribution is -2.37. The maximum absolute atomic E-state index is 13.0. The van der Waals surface area contributed by atoms with Crippen LogP contribution in [0.5, 0.6) is 0 Å². The average molecular weight is 415 g/mol. The first kappa shape index (κ1) is 20.4. The van der Waals surface area contributed by atoms with Crippen LogP contribution < -0.4 is 4.90 Å². The second-order valence-electron chi connectivity index (χ2n) is 6.87. The van der Waals surface area contributed by atoms with E-state index in [9.17, 15) is 4.79 Å². The topological polar surface area (TPSA) is 32.7 Å². The zero-order valence-corrected chi connectivity index (χ0v) is 17.5. The van der Waals surface area contributed by atoms with Gasteiger partial charge >= 0.3 is 0 Å². The van der Waals surface area contributed by atoms with Gasteiger partial charge in [0.25, 0.3) is 0 Å². The average Bonchev–Trinajstić information content (AvgIpc) is 2.61. The number of halogens is 1. The van der Waals surface area contributed by atoms with E-state index in [1.807, 2.05) is 31.2 Å². The zero-order valence-electron chi connectivity index (χ0n) is 15.8. The molecular formula is C22H27BrN2O. The number of hydrogen-bond donors (Lipinski definition) is 0. The SMILES string of the molecule is Br.Cc1ccc(C(=O)CN(C2=NCCCC2)c2ccccc2C)c(C)c1. The summed E-state index contributed by atoms with van der Waals surface area (Å²) in [5, 5.41) is 0. The smallest absolute Gasteiger partial charge is 0.182 e. The van der Waals surface area contributed by atoms with Crippen molar-refractivity contribution < 1.29 is 4.79 Å². The Balaban J connectivity index is 0.00000243. The summed E-state index contributed by atoms with van der Waals surface area (Å²) in [4.78, 5) is 19.9. The molecule has 0 fully saturated rings. The van der Waals surface area contributed by atoms with E-state index in [2.05, 4.69) is 36.9 Å². The van der Waals surface area contributed by atoms with E-state index in [1.165, 1.54) is 11.1 Å². The van der Waals surface area contributed by atoms with E-state index < -0.39 is 0 Å². The van der Waals surface area contributed by atoms with Crippen molar-refractivity contribution in [3.8, 4) is 0 Å². The van der Waals surface area contributed by atoms with Crippen LogP contribution in [0, 0.1) is 20.8 Å². The van der Waals surface area contributed by atoms with Crippen LogP contribution in [-0.4, -0.2) is 24.7 Å². The summed E-state index contributed by atoms with van der Waals surface area (Å²) < 4.78 is 0. The summed E-state index contributed by atoms with van der Waals surface area (Å²) in [5.41, 5.74) is 5.29. The summed E-state index contributed by atoms with van der Waals surface area (Å²) in [5.74, 6) is 1.19. The highest BCUT2D eigenvalue weighted by Crippen LogP contribution is 2.24. The highest BCUT2D eigenvalue weighted by Gasteiger charge is 2.21. The van der Waals surface area contributed by atoms with Crippen molar-refractivity contribution in [3.63, 3.8) is 0 Å². The molecule has 0 N–H and O–H groups in total. The third-order valence-corrected chi connectivity index (χ3v) is 4.80. The number of aryl methyl sites for hydroxylation is 3. The summed E-state index contributed by atoms with van der Waals surface area (Å²) in [6.07, 6.45) is 3.21. The number of carbonyl (C=O) groups excluding carboxylic acids is 1. The molecule has 2 aromatic rings. The first-order valence-electron chi connectivity index (χ1n) is 9.03. The molecule has 1 aliphatic heterocycles. The van der Waals surface area contributed by atoms with Crippen molar-refractivity contribution in [3.05, 3.63) is 64.7 Å². The van der Waals surface area contributed by atoms with Crippen LogP contribution in [0.15, 0.2) is 47.5 Å². The maximum Gasteiger partial charge on any atom is 0.182 e. The Hall–Kier alpha value is -1.94. The van der Waals surface area contributed by atoms with Crippen LogP contribution in [0.25, 0.3) is 0 Å². The number of amidine groups is 1. The number of aliphatic imine (C=N–C) groups is 1. The number of carbonyl (C=O) groups is 1. The second-order valence-corrected chi connectivity index (χ2v) is 6.87. The molecule has 0 saturated heterocycles. The summed E-state index contributed by atoms with van der Waals surface area (Å²) in [6, 6.07) is 14.3. The molecule has 0 aliphatic carbocycles. The normalized spacial score (nSPS) is 13.6. The van der Waals surface area contributed by atoms with E-state index >= 15 is 0 Å². The van der Waals surface area contributed by atoms with Gasteiger partial charge in [0.05, 0.1) is 6.54 Å². The van der Waals surface area contributed by atoms with Gasteiger partial charge in [0.15, 0.2) is 5.78 Å². The molecule has 0 saturated carbocycles. The van der Waals surface area contributed by atoms with Crippen molar-refractivity contribution >= 4 is 34.3 Å². The molecule has 0 atom stereocenters. The quantitative estimate of drug-likeness (QED) is 0.621. The number of rotatable bonds is 4. The first-order chi connectivity index (χ1) is 12.1. The lowest BCUT2D eigenvalue weighted by molar-refractivity contribution is 0.100. The van der Waals surface area contributed by atoms with E-state index in [1.54, 1.807) is 0 Å². The molecule has 138 valence electrons. The van der Waals surface area contributed by atoms with Crippen molar-refractivity contribution in [2.45, 2.75) is 40.0 Å². The predicted octanol–water partition coefficient (Wildman–Crippen LogP) is 5.46. The zero-order chi connectivity index (χ0) is 17.8. The standard InChI is InChI=1S/C22H26N2O.BrH/c1-16-11-12-19(18(3)14-16)21(25)15-24(22-10-6-7-13-23-22)20-9-5-4-8-17(20)2;/h4-5,8-9,11-12,14H,6-7,10,13,15H2,1-3H3;1H. The van der Waals surface area contributed by atoms with Crippen LogP contribution in [0.4, 0.5) is 5.69 Å². The highest BCUT2D eigenvalue weighted by atomic mass is 79.9.